The van der Waals surface area contributed by atoms with Gasteiger partial charge in [-0.15, -0.1) is 11.8 Å². The number of aliphatic carboxylic acids is 1. The van der Waals surface area contributed by atoms with E-state index in [0.717, 1.165) is 23.9 Å². The van der Waals surface area contributed by atoms with Crippen LogP contribution in [-0.4, -0.2) is 33.4 Å². The Morgan fingerprint density at radius 3 is 2.71 bits per heavy atom. The van der Waals surface area contributed by atoms with Gasteiger partial charge in [-0.3, -0.25) is 4.79 Å². The van der Waals surface area contributed by atoms with Crippen molar-refractivity contribution in [2.24, 2.45) is 0 Å². The Kier molecular flexibility index (Phi) is 6.00. The topological polar surface area (TPSA) is 72.3 Å². The van der Waals surface area contributed by atoms with Crippen LogP contribution in [0.5, 0.6) is 0 Å². The molecule has 0 saturated carbocycles. The predicted molar refractivity (Wildman–Crippen MR) is 82.8 cm³/mol. The van der Waals surface area contributed by atoms with Gasteiger partial charge in [-0.05, 0) is 25.1 Å². The molecule has 2 rings (SSSR count). The highest BCUT2D eigenvalue weighted by Crippen LogP contribution is 2.34. The molecule has 0 aliphatic carbocycles. The van der Waals surface area contributed by atoms with Crippen LogP contribution in [0.15, 0.2) is 23.2 Å². The molecule has 0 aliphatic heterocycles. The van der Waals surface area contributed by atoms with Gasteiger partial charge in [0.25, 0.3) is 0 Å². The quantitative estimate of drug-likeness (QED) is 0.599. The summed E-state index contributed by atoms with van der Waals surface area (Å²) < 4.78 is 44.0. The molecule has 0 bridgehead atoms. The Bertz CT molecular complexity index is 738. The van der Waals surface area contributed by atoms with Gasteiger partial charge in [0.05, 0.1) is 17.5 Å². The number of ether oxygens (including phenoxy) is 1. The summed E-state index contributed by atoms with van der Waals surface area (Å²) in [6.07, 6.45) is -4.59. The lowest BCUT2D eigenvalue weighted by atomic mass is 10.1. The first-order valence-electron chi connectivity index (χ1n) is 7.11. The van der Waals surface area contributed by atoms with E-state index in [9.17, 15) is 18.0 Å². The highest BCUT2D eigenvalue weighted by atomic mass is 32.2. The van der Waals surface area contributed by atoms with Crippen molar-refractivity contribution in [3.8, 4) is 0 Å². The van der Waals surface area contributed by atoms with Gasteiger partial charge in [-0.2, -0.15) is 13.2 Å². The second-order valence-corrected chi connectivity index (χ2v) is 5.89. The Labute approximate surface area is 140 Å². The second kappa shape index (κ2) is 7.80. The molecule has 0 radical (unpaired) electrons. The van der Waals surface area contributed by atoms with E-state index in [4.69, 9.17) is 9.84 Å². The fourth-order valence-corrected chi connectivity index (χ4v) is 2.88. The number of thioether (sulfide) groups is 1. The van der Waals surface area contributed by atoms with Crippen molar-refractivity contribution >= 4 is 28.6 Å². The SMILES string of the molecule is CCOCc1nc(SCCC(=O)O)c2cc(C(F)(F)F)ccc2n1. The number of carboxylic acid groups (broad SMARTS) is 1. The Balaban J connectivity index is 2.43. The van der Waals surface area contributed by atoms with Gasteiger partial charge in [0, 0.05) is 17.7 Å². The molecule has 0 unspecified atom stereocenters. The highest BCUT2D eigenvalue weighted by molar-refractivity contribution is 7.99. The molecule has 1 N–H and O–H groups in total. The average Bonchev–Trinajstić information content (AvgIpc) is 2.51. The van der Waals surface area contributed by atoms with Gasteiger partial charge >= 0.3 is 12.1 Å². The number of carbonyl (C=O) groups is 1. The third-order valence-electron chi connectivity index (χ3n) is 3.02. The lowest BCUT2D eigenvalue weighted by Gasteiger charge is -2.11. The second-order valence-electron chi connectivity index (χ2n) is 4.80. The molecule has 9 heteroatoms. The fourth-order valence-electron chi connectivity index (χ4n) is 1.93. The van der Waals surface area contributed by atoms with Gasteiger partial charge in [0.1, 0.15) is 11.6 Å². The standard InChI is InChI=1S/C15H15F3N2O3S/c1-2-23-8-12-19-11-4-3-9(15(16,17)18)7-10(11)14(20-12)24-6-5-13(21)22/h3-4,7H,2,5-6,8H2,1H3,(H,21,22). The third kappa shape index (κ3) is 4.81. The van der Waals surface area contributed by atoms with Crippen LogP contribution >= 0.6 is 11.8 Å². The minimum Gasteiger partial charge on any atom is -0.481 e. The summed E-state index contributed by atoms with van der Waals surface area (Å²) in [6, 6.07) is 3.24. The fraction of sp³-hybridized carbons (Fsp3) is 0.400. The molecule has 24 heavy (non-hydrogen) atoms. The van der Waals surface area contributed by atoms with E-state index in [0.29, 0.717) is 23.0 Å². The average molecular weight is 360 g/mol. The zero-order valence-electron chi connectivity index (χ0n) is 12.8. The van der Waals surface area contributed by atoms with Crippen molar-refractivity contribution in [1.29, 1.82) is 0 Å². The van der Waals surface area contributed by atoms with Crippen molar-refractivity contribution in [3.63, 3.8) is 0 Å². The molecule has 1 aromatic heterocycles. The normalized spacial score (nSPS) is 11.8. The van der Waals surface area contributed by atoms with Crippen molar-refractivity contribution < 1.29 is 27.8 Å². The van der Waals surface area contributed by atoms with Crippen LogP contribution in [0.4, 0.5) is 13.2 Å². The Morgan fingerprint density at radius 1 is 1.33 bits per heavy atom. The van der Waals surface area contributed by atoms with Crippen molar-refractivity contribution in [3.05, 3.63) is 29.6 Å². The number of alkyl halides is 3. The maximum Gasteiger partial charge on any atom is 0.416 e. The minimum atomic E-state index is -4.47. The third-order valence-corrected chi connectivity index (χ3v) is 4.02. The number of hydrogen-bond donors (Lipinski definition) is 1. The van der Waals surface area contributed by atoms with Crippen LogP contribution in [0.1, 0.15) is 24.7 Å². The summed E-state index contributed by atoms with van der Waals surface area (Å²) in [6.45, 7) is 2.40. The maximum atomic E-state index is 12.9. The molecule has 0 spiro atoms. The number of benzene rings is 1. The lowest BCUT2D eigenvalue weighted by molar-refractivity contribution is -0.138. The van der Waals surface area contributed by atoms with Gasteiger partial charge in [0.15, 0.2) is 5.82 Å². The highest BCUT2D eigenvalue weighted by Gasteiger charge is 2.31. The zero-order valence-corrected chi connectivity index (χ0v) is 13.6. The van der Waals surface area contributed by atoms with E-state index in [1.807, 2.05) is 0 Å². The summed E-state index contributed by atoms with van der Waals surface area (Å²) in [5.74, 6) is -0.431. The minimum absolute atomic E-state index is 0.115. The number of fused-ring (bicyclic) bond motifs is 1. The molecular formula is C15H15F3N2O3S. The Hall–Kier alpha value is -1.87. The smallest absolute Gasteiger partial charge is 0.416 e. The molecule has 5 nitrogen and oxygen atoms in total. The monoisotopic (exact) mass is 360 g/mol. The number of rotatable bonds is 7. The Morgan fingerprint density at radius 2 is 2.08 bits per heavy atom. The number of hydrogen-bond acceptors (Lipinski definition) is 5. The summed E-state index contributed by atoms with van der Waals surface area (Å²) in [7, 11) is 0. The number of carboxylic acids is 1. The van der Waals surface area contributed by atoms with Gasteiger partial charge in [0.2, 0.25) is 0 Å². The molecule has 0 saturated heterocycles. The molecular weight excluding hydrogens is 345 g/mol. The summed E-state index contributed by atoms with van der Waals surface area (Å²) >= 11 is 1.09. The molecule has 130 valence electrons. The van der Waals surface area contributed by atoms with E-state index in [1.165, 1.54) is 6.07 Å². The van der Waals surface area contributed by atoms with E-state index in [1.54, 1.807) is 6.92 Å². The van der Waals surface area contributed by atoms with Crippen LogP contribution in [0.25, 0.3) is 10.9 Å². The summed E-state index contributed by atoms with van der Waals surface area (Å²) in [5.41, 5.74) is -0.429. The van der Waals surface area contributed by atoms with Crippen molar-refractivity contribution in [1.82, 2.24) is 9.97 Å². The first-order valence-corrected chi connectivity index (χ1v) is 8.10. The van der Waals surface area contributed by atoms with E-state index < -0.39 is 17.7 Å². The molecule has 0 fully saturated rings. The largest absolute Gasteiger partial charge is 0.481 e. The molecule has 0 amide bonds. The molecule has 0 aliphatic rings. The van der Waals surface area contributed by atoms with E-state index in [-0.39, 0.29) is 24.2 Å². The van der Waals surface area contributed by atoms with Crippen LogP contribution in [0.2, 0.25) is 0 Å². The number of halogens is 3. The van der Waals surface area contributed by atoms with Gasteiger partial charge in [-0.25, -0.2) is 9.97 Å². The first-order chi connectivity index (χ1) is 11.3. The van der Waals surface area contributed by atoms with Crippen LogP contribution in [0, 0.1) is 0 Å². The van der Waals surface area contributed by atoms with Gasteiger partial charge in [-0.1, -0.05) is 0 Å². The molecule has 1 aromatic carbocycles. The number of nitrogens with zero attached hydrogens (tertiary/aromatic N) is 2. The first kappa shape index (κ1) is 18.5. The van der Waals surface area contributed by atoms with Crippen molar-refractivity contribution in [2.45, 2.75) is 31.2 Å². The van der Waals surface area contributed by atoms with E-state index in [2.05, 4.69) is 9.97 Å². The summed E-state index contributed by atoms with van der Waals surface area (Å²) in [5, 5.41) is 9.28. The van der Waals surface area contributed by atoms with Crippen molar-refractivity contribution in [2.75, 3.05) is 12.4 Å². The number of aromatic nitrogens is 2. The molecule has 0 atom stereocenters. The zero-order chi connectivity index (χ0) is 17.7. The maximum absolute atomic E-state index is 12.9. The molecule has 1 heterocycles. The lowest BCUT2D eigenvalue weighted by Crippen LogP contribution is -2.06. The van der Waals surface area contributed by atoms with E-state index >= 15 is 0 Å². The van der Waals surface area contributed by atoms with Crippen LogP contribution < -0.4 is 0 Å². The predicted octanol–water partition coefficient (Wildman–Crippen LogP) is 3.75. The summed E-state index contributed by atoms with van der Waals surface area (Å²) in [4.78, 5) is 19.1. The molecule has 2 aromatic rings. The van der Waals surface area contributed by atoms with Gasteiger partial charge < -0.3 is 9.84 Å². The van der Waals surface area contributed by atoms with Crippen LogP contribution in [0.3, 0.4) is 0 Å². The van der Waals surface area contributed by atoms with Crippen LogP contribution in [-0.2, 0) is 22.3 Å².